The predicted octanol–water partition coefficient (Wildman–Crippen LogP) is 2.52. The normalized spacial score (nSPS) is 13.7. The molecule has 0 saturated heterocycles. The summed E-state index contributed by atoms with van der Waals surface area (Å²) in [7, 11) is -0.235. The largest absolute Gasteiger partial charge is 0.496 e. The number of amides is 1. The highest BCUT2D eigenvalue weighted by atomic mass is 32.2. The molecular formula is C20H24N2O4S. The topological polar surface area (TPSA) is 75.7 Å². The minimum atomic E-state index is -3.58. The van der Waals surface area contributed by atoms with E-state index in [2.05, 4.69) is 4.72 Å². The molecule has 0 radical (unpaired) electrons. The third kappa shape index (κ3) is 4.31. The molecule has 0 aliphatic carbocycles. The molecule has 0 saturated carbocycles. The molecule has 0 spiro atoms. The van der Waals surface area contributed by atoms with E-state index in [-0.39, 0.29) is 17.2 Å². The Morgan fingerprint density at radius 2 is 1.93 bits per heavy atom. The molecule has 144 valence electrons. The van der Waals surface area contributed by atoms with E-state index in [1.54, 1.807) is 37.3 Å². The van der Waals surface area contributed by atoms with E-state index in [9.17, 15) is 13.2 Å². The van der Waals surface area contributed by atoms with Crippen LogP contribution >= 0.6 is 0 Å². The summed E-state index contributed by atoms with van der Waals surface area (Å²) in [6.07, 6.45) is 2.66. The molecule has 1 N–H and O–H groups in total. The lowest BCUT2D eigenvalue weighted by Crippen LogP contribution is -2.25. The molecular weight excluding hydrogens is 364 g/mol. The highest BCUT2D eigenvalue weighted by molar-refractivity contribution is 7.89. The van der Waals surface area contributed by atoms with Gasteiger partial charge in [-0.25, -0.2) is 13.1 Å². The molecule has 0 atom stereocenters. The van der Waals surface area contributed by atoms with Crippen molar-refractivity contribution < 1.29 is 17.9 Å². The number of anilines is 1. The van der Waals surface area contributed by atoms with Gasteiger partial charge in [-0.15, -0.1) is 0 Å². The second-order valence-electron chi connectivity index (χ2n) is 6.59. The van der Waals surface area contributed by atoms with E-state index in [0.29, 0.717) is 6.54 Å². The smallest absolute Gasteiger partial charge is 0.240 e. The molecule has 7 heteroatoms. The summed E-state index contributed by atoms with van der Waals surface area (Å²) < 4.78 is 33.0. The number of carbonyl (C=O) groups is 1. The number of carbonyl (C=O) groups excluding carboxylic acids is 1. The summed E-state index contributed by atoms with van der Waals surface area (Å²) in [5, 5.41) is 0. The molecule has 1 aliphatic heterocycles. The molecule has 0 unspecified atom stereocenters. The van der Waals surface area contributed by atoms with Gasteiger partial charge in [0.05, 0.1) is 18.4 Å². The van der Waals surface area contributed by atoms with Crippen LogP contribution in [-0.4, -0.2) is 35.0 Å². The number of unbranched alkanes of at least 4 members (excludes halogenated alkanes) is 1. The third-order valence-electron chi connectivity index (χ3n) is 4.80. The number of hydrogen-bond donors (Lipinski definition) is 1. The van der Waals surface area contributed by atoms with E-state index in [0.717, 1.165) is 41.8 Å². The summed E-state index contributed by atoms with van der Waals surface area (Å²) in [4.78, 5) is 13.5. The Bertz CT molecular complexity index is 941. The third-order valence-corrected chi connectivity index (χ3v) is 6.25. The van der Waals surface area contributed by atoms with Gasteiger partial charge in [-0.3, -0.25) is 4.79 Å². The maximum Gasteiger partial charge on any atom is 0.240 e. The molecule has 27 heavy (non-hydrogen) atoms. The first-order chi connectivity index (χ1) is 12.9. The number of aryl methyl sites for hydroxylation is 1. The maximum atomic E-state index is 12.5. The number of methoxy groups -OCH3 is 1. The Balaban J connectivity index is 1.54. The van der Waals surface area contributed by atoms with Crippen LogP contribution < -0.4 is 14.4 Å². The Hall–Kier alpha value is -2.38. The number of nitrogens with one attached hydrogen (secondary N) is 1. The predicted molar refractivity (Wildman–Crippen MR) is 105 cm³/mol. The van der Waals surface area contributed by atoms with Crippen LogP contribution in [0.25, 0.3) is 0 Å². The average Bonchev–Trinajstić information content (AvgIpc) is 2.95. The van der Waals surface area contributed by atoms with Gasteiger partial charge in [-0.05, 0) is 54.7 Å². The highest BCUT2D eigenvalue weighted by Crippen LogP contribution is 2.29. The van der Waals surface area contributed by atoms with Crippen molar-refractivity contribution in [3.05, 3.63) is 53.6 Å². The van der Waals surface area contributed by atoms with Crippen molar-refractivity contribution in [2.75, 3.05) is 25.6 Å². The van der Waals surface area contributed by atoms with E-state index < -0.39 is 10.0 Å². The number of sulfonamides is 1. The van der Waals surface area contributed by atoms with Crippen LogP contribution in [0.2, 0.25) is 0 Å². The summed E-state index contributed by atoms with van der Waals surface area (Å²) in [6, 6.07) is 12.7. The van der Waals surface area contributed by atoms with E-state index in [1.165, 1.54) is 0 Å². The summed E-state index contributed by atoms with van der Waals surface area (Å²) >= 11 is 0. The lowest BCUT2D eigenvalue weighted by atomic mass is 10.1. The summed E-state index contributed by atoms with van der Waals surface area (Å²) in [6.45, 7) is 0.368. The first-order valence-corrected chi connectivity index (χ1v) is 10.4. The van der Waals surface area contributed by atoms with Gasteiger partial charge in [-0.2, -0.15) is 0 Å². The van der Waals surface area contributed by atoms with Crippen molar-refractivity contribution in [3.8, 4) is 5.75 Å². The van der Waals surface area contributed by atoms with Gasteiger partial charge in [0, 0.05) is 19.3 Å². The van der Waals surface area contributed by atoms with Crippen molar-refractivity contribution in [2.24, 2.45) is 0 Å². The Kier molecular flexibility index (Phi) is 5.82. The van der Waals surface area contributed by atoms with Gasteiger partial charge in [0.2, 0.25) is 15.9 Å². The van der Waals surface area contributed by atoms with Crippen molar-refractivity contribution >= 4 is 21.6 Å². The lowest BCUT2D eigenvalue weighted by Gasteiger charge is -2.11. The fourth-order valence-corrected chi connectivity index (χ4v) is 4.38. The molecule has 3 rings (SSSR count). The molecule has 0 aromatic heterocycles. The van der Waals surface area contributed by atoms with Gasteiger partial charge >= 0.3 is 0 Å². The second kappa shape index (κ2) is 8.10. The lowest BCUT2D eigenvalue weighted by molar-refractivity contribution is -0.117. The van der Waals surface area contributed by atoms with Crippen LogP contribution in [0, 0.1) is 0 Å². The number of para-hydroxylation sites is 1. The highest BCUT2D eigenvalue weighted by Gasteiger charge is 2.26. The Labute approximate surface area is 160 Å². The first kappa shape index (κ1) is 19.4. The van der Waals surface area contributed by atoms with Crippen molar-refractivity contribution in [2.45, 2.75) is 30.6 Å². The number of ether oxygens (including phenoxy) is 1. The number of benzene rings is 2. The molecule has 2 aromatic rings. The van der Waals surface area contributed by atoms with Gasteiger partial charge in [0.25, 0.3) is 0 Å². The SMILES string of the molecule is COc1ccccc1CCCCNS(=O)(=O)c1ccc2c(c1)CC(=O)N2C. The van der Waals surface area contributed by atoms with Crippen LogP contribution in [-0.2, 0) is 27.7 Å². The van der Waals surface area contributed by atoms with Crippen LogP contribution in [0.4, 0.5) is 5.69 Å². The van der Waals surface area contributed by atoms with Gasteiger partial charge < -0.3 is 9.64 Å². The minimum absolute atomic E-state index is 0.0242. The fourth-order valence-electron chi connectivity index (χ4n) is 3.25. The van der Waals surface area contributed by atoms with E-state index in [4.69, 9.17) is 4.74 Å². The standard InChI is InChI=1S/C20H24N2O4S/c1-22-18-11-10-17(13-16(18)14-20(22)23)27(24,25)21-12-6-5-8-15-7-3-4-9-19(15)26-2/h3-4,7,9-11,13,21H,5-6,8,12,14H2,1-2H3. The Morgan fingerprint density at radius 3 is 2.70 bits per heavy atom. The number of likely N-dealkylation sites (N-methyl/N-ethyl adjacent to an activating group) is 1. The van der Waals surface area contributed by atoms with Crippen LogP contribution in [0.1, 0.15) is 24.0 Å². The molecule has 1 aliphatic rings. The van der Waals surface area contributed by atoms with Gasteiger partial charge in [0.15, 0.2) is 0 Å². The molecule has 1 amide bonds. The molecule has 1 heterocycles. The zero-order chi connectivity index (χ0) is 19.4. The molecule has 6 nitrogen and oxygen atoms in total. The first-order valence-electron chi connectivity index (χ1n) is 8.93. The minimum Gasteiger partial charge on any atom is -0.496 e. The molecule has 0 bridgehead atoms. The van der Waals surface area contributed by atoms with Crippen molar-refractivity contribution in [1.29, 1.82) is 0 Å². The number of rotatable bonds is 8. The second-order valence-corrected chi connectivity index (χ2v) is 8.35. The van der Waals surface area contributed by atoms with Crippen molar-refractivity contribution in [1.82, 2.24) is 4.72 Å². The maximum absolute atomic E-state index is 12.5. The number of nitrogens with zero attached hydrogens (tertiary/aromatic N) is 1. The quantitative estimate of drug-likeness (QED) is 0.705. The molecule has 2 aromatic carbocycles. The van der Waals surface area contributed by atoms with E-state index in [1.807, 2.05) is 24.3 Å². The van der Waals surface area contributed by atoms with Crippen LogP contribution in [0.15, 0.2) is 47.4 Å². The fraction of sp³-hybridized carbons (Fsp3) is 0.350. The van der Waals surface area contributed by atoms with Gasteiger partial charge in [0.1, 0.15) is 5.75 Å². The van der Waals surface area contributed by atoms with Gasteiger partial charge in [-0.1, -0.05) is 18.2 Å². The zero-order valence-corrected chi connectivity index (χ0v) is 16.4. The Morgan fingerprint density at radius 1 is 1.15 bits per heavy atom. The number of fused-ring (bicyclic) bond motifs is 1. The van der Waals surface area contributed by atoms with E-state index >= 15 is 0 Å². The molecule has 0 fully saturated rings. The van der Waals surface area contributed by atoms with Crippen LogP contribution in [0.3, 0.4) is 0 Å². The average molecular weight is 388 g/mol. The summed E-state index contributed by atoms with van der Waals surface area (Å²) in [5.74, 6) is 0.833. The van der Waals surface area contributed by atoms with Crippen LogP contribution in [0.5, 0.6) is 5.75 Å². The van der Waals surface area contributed by atoms with Crippen molar-refractivity contribution in [3.63, 3.8) is 0 Å². The number of hydrogen-bond acceptors (Lipinski definition) is 4. The monoisotopic (exact) mass is 388 g/mol. The zero-order valence-electron chi connectivity index (χ0n) is 15.6. The summed E-state index contributed by atoms with van der Waals surface area (Å²) in [5.41, 5.74) is 2.65.